The highest BCUT2D eigenvalue weighted by atomic mass is 32.2. The fourth-order valence-electron chi connectivity index (χ4n) is 4.90. The zero-order chi connectivity index (χ0) is 18.5. The van der Waals surface area contributed by atoms with Gasteiger partial charge in [0, 0.05) is 26.2 Å². The van der Waals surface area contributed by atoms with Gasteiger partial charge in [-0.2, -0.15) is 4.31 Å². The Morgan fingerprint density at radius 2 is 1.73 bits per heavy atom. The summed E-state index contributed by atoms with van der Waals surface area (Å²) in [6, 6.07) is 3.29. The summed E-state index contributed by atoms with van der Waals surface area (Å²) in [6.07, 6.45) is 2.66. The highest BCUT2D eigenvalue weighted by Gasteiger charge is 2.55. The highest BCUT2D eigenvalue weighted by Crippen LogP contribution is 2.53. The summed E-state index contributed by atoms with van der Waals surface area (Å²) in [7, 11) is -3.50. The number of thiophene rings is 1. The molecule has 0 aromatic carbocycles. The number of hydrogen-bond acceptors (Lipinski definition) is 5. The van der Waals surface area contributed by atoms with Crippen molar-refractivity contribution in [2.75, 3.05) is 26.2 Å². The van der Waals surface area contributed by atoms with E-state index < -0.39 is 27.8 Å². The molecule has 4 rings (SSSR count). The molecule has 9 heteroatoms. The molecule has 2 saturated carbocycles. The lowest BCUT2D eigenvalue weighted by molar-refractivity contribution is -0.153. The van der Waals surface area contributed by atoms with Gasteiger partial charge in [0.1, 0.15) is 4.21 Å². The average Bonchev–Trinajstić information content (AvgIpc) is 3.37. The third-order valence-electron chi connectivity index (χ3n) is 6.13. The minimum atomic E-state index is -3.50. The number of hydrogen-bond donors (Lipinski definition) is 1. The van der Waals surface area contributed by atoms with Crippen molar-refractivity contribution in [1.82, 2.24) is 9.21 Å². The number of rotatable bonds is 4. The lowest BCUT2D eigenvalue weighted by Crippen LogP contribution is -2.53. The van der Waals surface area contributed by atoms with Crippen molar-refractivity contribution in [1.29, 1.82) is 0 Å². The fourth-order valence-corrected chi connectivity index (χ4v) is 7.47. The van der Waals surface area contributed by atoms with Crippen LogP contribution < -0.4 is 0 Å². The van der Waals surface area contributed by atoms with Gasteiger partial charge in [-0.25, -0.2) is 8.42 Å². The van der Waals surface area contributed by atoms with Crippen molar-refractivity contribution in [2.45, 2.75) is 23.5 Å². The topological polar surface area (TPSA) is 95.0 Å². The molecule has 4 atom stereocenters. The maximum absolute atomic E-state index is 13.0. The smallest absolute Gasteiger partial charge is 0.307 e. The van der Waals surface area contributed by atoms with Gasteiger partial charge in [0.2, 0.25) is 5.91 Å². The van der Waals surface area contributed by atoms with Gasteiger partial charge in [0.25, 0.3) is 10.0 Å². The first-order valence-electron chi connectivity index (χ1n) is 8.95. The quantitative estimate of drug-likeness (QED) is 0.826. The van der Waals surface area contributed by atoms with Crippen molar-refractivity contribution >= 4 is 33.2 Å². The van der Waals surface area contributed by atoms with Gasteiger partial charge in [0.15, 0.2) is 0 Å². The molecule has 3 aliphatic rings. The molecule has 0 spiro atoms. The molecule has 1 amide bonds. The van der Waals surface area contributed by atoms with Gasteiger partial charge in [-0.05, 0) is 42.5 Å². The van der Waals surface area contributed by atoms with Crippen LogP contribution in [0.1, 0.15) is 19.3 Å². The van der Waals surface area contributed by atoms with E-state index >= 15 is 0 Å². The lowest BCUT2D eigenvalue weighted by atomic mass is 9.78. The fraction of sp³-hybridized carbons (Fsp3) is 0.647. The van der Waals surface area contributed by atoms with Crippen LogP contribution in [0.3, 0.4) is 0 Å². The molecule has 1 aromatic rings. The van der Waals surface area contributed by atoms with Crippen molar-refractivity contribution in [3.8, 4) is 0 Å². The summed E-state index contributed by atoms with van der Waals surface area (Å²) in [6.45, 7) is 1.16. The molecule has 7 nitrogen and oxygen atoms in total. The van der Waals surface area contributed by atoms with E-state index in [0.717, 1.165) is 19.3 Å². The average molecular weight is 399 g/mol. The Balaban J connectivity index is 1.43. The Labute approximate surface area is 156 Å². The van der Waals surface area contributed by atoms with Crippen molar-refractivity contribution in [3.05, 3.63) is 17.5 Å². The number of piperazine rings is 1. The van der Waals surface area contributed by atoms with Crippen LogP contribution in [0.15, 0.2) is 21.7 Å². The minimum absolute atomic E-state index is 0.0993. The van der Waals surface area contributed by atoms with Gasteiger partial charge >= 0.3 is 5.97 Å². The van der Waals surface area contributed by atoms with E-state index in [1.165, 1.54) is 15.6 Å². The van der Waals surface area contributed by atoms with Crippen LogP contribution in [0.2, 0.25) is 0 Å². The summed E-state index contributed by atoms with van der Waals surface area (Å²) in [5, 5.41) is 11.3. The number of amides is 1. The zero-order valence-electron chi connectivity index (χ0n) is 14.3. The van der Waals surface area contributed by atoms with Crippen molar-refractivity contribution < 1.29 is 23.1 Å². The standard InChI is InChI=1S/C17H22N2O5S2/c20-16(14-11-3-4-12(10-11)15(14)17(21)22)18-5-7-19(8-6-18)26(23,24)13-2-1-9-25-13/h1-2,9,11-12,14-15H,3-8,10H2,(H,21,22)/t11-,12+,14-,15+/m0/s1. The molecule has 1 aromatic heterocycles. The summed E-state index contributed by atoms with van der Waals surface area (Å²) < 4.78 is 26.9. The SMILES string of the molecule is O=C(O)[C@@H]1[C@@H]2CC[C@@H](C2)[C@@H]1C(=O)N1CCN(S(=O)(=O)c2cccs2)CC1. The van der Waals surface area contributed by atoms with Gasteiger partial charge in [-0.1, -0.05) is 6.07 Å². The molecule has 142 valence electrons. The molecule has 26 heavy (non-hydrogen) atoms. The number of aliphatic carboxylic acids is 1. The first kappa shape index (κ1) is 17.9. The Morgan fingerprint density at radius 1 is 1.08 bits per heavy atom. The monoisotopic (exact) mass is 398 g/mol. The van der Waals surface area contributed by atoms with Crippen LogP contribution in [-0.4, -0.2) is 60.8 Å². The summed E-state index contributed by atoms with van der Waals surface area (Å²) in [5.74, 6) is -1.69. The van der Waals surface area contributed by atoms with Crippen molar-refractivity contribution in [3.63, 3.8) is 0 Å². The number of carboxylic acids is 1. The molecule has 2 heterocycles. The number of carboxylic acid groups (broad SMARTS) is 1. The van der Waals surface area contributed by atoms with Crippen LogP contribution >= 0.6 is 11.3 Å². The number of carbonyl (C=O) groups is 2. The molecule has 3 fully saturated rings. The maximum Gasteiger partial charge on any atom is 0.307 e. The molecule has 2 bridgehead atoms. The van der Waals surface area contributed by atoms with E-state index in [2.05, 4.69) is 0 Å². The largest absolute Gasteiger partial charge is 0.481 e. The second-order valence-electron chi connectivity index (χ2n) is 7.38. The van der Waals surface area contributed by atoms with Crippen LogP contribution in [0.5, 0.6) is 0 Å². The zero-order valence-corrected chi connectivity index (χ0v) is 15.9. The van der Waals surface area contributed by atoms with E-state index in [-0.39, 0.29) is 30.8 Å². The number of sulfonamides is 1. The number of fused-ring (bicyclic) bond motifs is 2. The molecular formula is C17H22N2O5S2. The maximum atomic E-state index is 13.0. The summed E-state index contributed by atoms with van der Waals surface area (Å²) in [4.78, 5) is 26.3. The van der Waals surface area contributed by atoms with Crippen LogP contribution in [-0.2, 0) is 19.6 Å². The van der Waals surface area contributed by atoms with E-state index in [1.54, 1.807) is 22.4 Å². The Morgan fingerprint density at radius 3 is 2.31 bits per heavy atom. The molecular weight excluding hydrogens is 376 g/mol. The van der Waals surface area contributed by atoms with E-state index in [0.29, 0.717) is 17.3 Å². The van der Waals surface area contributed by atoms with E-state index in [4.69, 9.17) is 0 Å². The molecule has 1 N–H and O–H groups in total. The Hall–Kier alpha value is -1.45. The van der Waals surface area contributed by atoms with Gasteiger partial charge < -0.3 is 10.0 Å². The third kappa shape index (κ3) is 2.86. The first-order chi connectivity index (χ1) is 12.4. The first-order valence-corrected chi connectivity index (χ1v) is 11.3. The number of carbonyl (C=O) groups excluding carboxylic acids is 1. The van der Waals surface area contributed by atoms with Crippen LogP contribution in [0, 0.1) is 23.7 Å². The summed E-state index contributed by atoms with van der Waals surface area (Å²) in [5.41, 5.74) is 0. The third-order valence-corrected chi connectivity index (χ3v) is 9.40. The highest BCUT2D eigenvalue weighted by molar-refractivity contribution is 7.91. The van der Waals surface area contributed by atoms with Crippen LogP contribution in [0.25, 0.3) is 0 Å². The van der Waals surface area contributed by atoms with Gasteiger partial charge in [-0.3, -0.25) is 9.59 Å². The molecule has 2 aliphatic carbocycles. The number of nitrogens with zero attached hydrogens (tertiary/aromatic N) is 2. The molecule has 0 unspecified atom stereocenters. The summed E-state index contributed by atoms with van der Waals surface area (Å²) >= 11 is 1.19. The Bertz CT molecular complexity index is 799. The van der Waals surface area contributed by atoms with Gasteiger partial charge in [-0.15, -0.1) is 11.3 Å². The second-order valence-corrected chi connectivity index (χ2v) is 10.5. The predicted octanol–water partition coefficient (Wildman–Crippen LogP) is 1.33. The molecule has 1 saturated heterocycles. The predicted molar refractivity (Wildman–Crippen MR) is 95.1 cm³/mol. The van der Waals surface area contributed by atoms with Gasteiger partial charge in [0.05, 0.1) is 11.8 Å². The van der Waals surface area contributed by atoms with E-state index in [9.17, 15) is 23.1 Å². The second kappa shape index (κ2) is 6.61. The lowest BCUT2D eigenvalue weighted by Gasteiger charge is -2.37. The molecule has 0 radical (unpaired) electrons. The normalized spacial score (nSPS) is 32.1. The minimum Gasteiger partial charge on any atom is -0.481 e. The van der Waals surface area contributed by atoms with Crippen molar-refractivity contribution in [2.24, 2.45) is 23.7 Å². The molecule has 1 aliphatic heterocycles. The van der Waals surface area contributed by atoms with Crippen LogP contribution in [0.4, 0.5) is 0 Å². The van der Waals surface area contributed by atoms with E-state index in [1.807, 2.05) is 0 Å². The Kier molecular flexibility index (Phi) is 4.56.